The lowest BCUT2D eigenvalue weighted by molar-refractivity contribution is 0.0933. The van der Waals surface area contributed by atoms with E-state index in [0.29, 0.717) is 24.7 Å². The van der Waals surface area contributed by atoms with Crippen molar-refractivity contribution in [3.8, 4) is 0 Å². The van der Waals surface area contributed by atoms with E-state index in [1.165, 1.54) is 12.8 Å². The van der Waals surface area contributed by atoms with E-state index in [2.05, 4.69) is 10.4 Å². The molecule has 0 radical (unpaired) electrons. The van der Waals surface area contributed by atoms with E-state index in [-0.39, 0.29) is 11.3 Å². The Hall–Kier alpha value is -1.03. The third-order valence-electron chi connectivity index (χ3n) is 4.07. The van der Waals surface area contributed by atoms with Gasteiger partial charge in [0.1, 0.15) is 5.69 Å². The molecule has 1 aliphatic rings. The highest BCUT2D eigenvalue weighted by atomic mass is 35.5. The summed E-state index contributed by atoms with van der Waals surface area (Å²) >= 11 is 6.33. The summed E-state index contributed by atoms with van der Waals surface area (Å²) in [7, 11) is 0. The molecule has 0 bridgehead atoms. The molecule has 2 unspecified atom stereocenters. The predicted octanol–water partition coefficient (Wildman–Crippen LogP) is 2.99. The van der Waals surface area contributed by atoms with Crippen molar-refractivity contribution in [2.24, 2.45) is 5.92 Å². The van der Waals surface area contributed by atoms with Gasteiger partial charge in [0, 0.05) is 18.5 Å². The van der Waals surface area contributed by atoms with Gasteiger partial charge in [0.15, 0.2) is 0 Å². The van der Waals surface area contributed by atoms with Gasteiger partial charge >= 0.3 is 0 Å². The van der Waals surface area contributed by atoms with Crippen molar-refractivity contribution in [3.05, 3.63) is 17.5 Å². The molecule has 2 rings (SSSR count). The van der Waals surface area contributed by atoms with Crippen LogP contribution in [-0.4, -0.2) is 27.6 Å². The SMILES string of the molecule is CCc1cc(C(=O)NCC2CCCCC2Cl)n(CC)n1. The lowest BCUT2D eigenvalue weighted by Crippen LogP contribution is -2.35. The molecule has 0 aromatic carbocycles. The molecule has 1 fully saturated rings. The second-order valence-electron chi connectivity index (χ2n) is 5.46. The van der Waals surface area contributed by atoms with E-state index in [1.807, 2.05) is 19.9 Å². The maximum atomic E-state index is 12.3. The Bertz CT molecular complexity index is 458. The first-order valence-corrected chi connectivity index (χ1v) is 8.08. The van der Waals surface area contributed by atoms with Crippen molar-refractivity contribution < 1.29 is 4.79 Å². The number of nitrogens with zero attached hydrogens (tertiary/aromatic N) is 2. The Morgan fingerprint density at radius 3 is 2.85 bits per heavy atom. The molecule has 0 aliphatic heterocycles. The molecule has 1 saturated carbocycles. The zero-order chi connectivity index (χ0) is 14.5. The number of carbonyl (C=O) groups excluding carboxylic acids is 1. The Morgan fingerprint density at radius 1 is 1.45 bits per heavy atom. The van der Waals surface area contributed by atoms with Crippen LogP contribution in [0.1, 0.15) is 55.7 Å². The molecule has 2 atom stereocenters. The minimum atomic E-state index is -0.0338. The van der Waals surface area contributed by atoms with Gasteiger partial charge in [-0.2, -0.15) is 5.10 Å². The zero-order valence-electron chi connectivity index (χ0n) is 12.4. The van der Waals surface area contributed by atoms with E-state index in [1.54, 1.807) is 4.68 Å². The van der Waals surface area contributed by atoms with Crippen molar-refractivity contribution in [1.82, 2.24) is 15.1 Å². The van der Waals surface area contributed by atoms with E-state index >= 15 is 0 Å². The number of amides is 1. The number of aryl methyl sites for hydroxylation is 2. The van der Waals surface area contributed by atoms with Gasteiger partial charge < -0.3 is 5.32 Å². The lowest BCUT2D eigenvalue weighted by atomic mass is 9.89. The maximum absolute atomic E-state index is 12.3. The van der Waals surface area contributed by atoms with Crippen LogP contribution in [0.15, 0.2) is 6.07 Å². The van der Waals surface area contributed by atoms with Gasteiger partial charge in [-0.3, -0.25) is 9.48 Å². The summed E-state index contributed by atoms with van der Waals surface area (Å²) < 4.78 is 1.77. The van der Waals surface area contributed by atoms with Crippen molar-refractivity contribution in [2.45, 2.75) is 57.9 Å². The molecule has 0 spiro atoms. The van der Waals surface area contributed by atoms with Crippen molar-refractivity contribution in [1.29, 1.82) is 0 Å². The average molecular weight is 298 g/mol. The predicted molar refractivity (Wildman–Crippen MR) is 81.2 cm³/mol. The number of halogens is 1. The number of hydrogen-bond acceptors (Lipinski definition) is 2. The van der Waals surface area contributed by atoms with Gasteiger partial charge in [-0.05, 0) is 38.2 Å². The first-order valence-electron chi connectivity index (χ1n) is 7.64. The standard InChI is InChI=1S/C15H24ClN3O/c1-3-12-9-14(19(4-2)18-12)15(20)17-10-11-7-5-6-8-13(11)16/h9,11,13H,3-8,10H2,1-2H3,(H,17,20). The smallest absolute Gasteiger partial charge is 0.269 e. The monoisotopic (exact) mass is 297 g/mol. The minimum absolute atomic E-state index is 0.0338. The van der Waals surface area contributed by atoms with Crippen molar-refractivity contribution >= 4 is 17.5 Å². The van der Waals surface area contributed by atoms with Crippen molar-refractivity contribution in [3.63, 3.8) is 0 Å². The average Bonchev–Trinajstić information content (AvgIpc) is 2.89. The number of nitrogens with one attached hydrogen (secondary N) is 1. The minimum Gasteiger partial charge on any atom is -0.350 e. The summed E-state index contributed by atoms with van der Waals surface area (Å²) in [5, 5.41) is 7.64. The quantitative estimate of drug-likeness (QED) is 0.849. The zero-order valence-corrected chi connectivity index (χ0v) is 13.1. The molecule has 4 nitrogen and oxygen atoms in total. The normalized spacial score (nSPS) is 22.8. The van der Waals surface area contributed by atoms with Crippen LogP contribution in [0.2, 0.25) is 0 Å². The fraction of sp³-hybridized carbons (Fsp3) is 0.733. The van der Waals surface area contributed by atoms with Gasteiger partial charge in [-0.1, -0.05) is 19.8 Å². The van der Waals surface area contributed by atoms with Crippen LogP contribution in [0.4, 0.5) is 0 Å². The van der Waals surface area contributed by atoms with Crippen LogP contribution >= 0.6 is 11.6 Å². The van der Waals surface area contributed by atoms with Crippen LogP contribution in [0.3, 0.4) is 0 Å². The lowest BCUT2D eigenvalue weighted by Gasteiger charge is -2.27. The highest BCUT2D eigenvalue weighted by molar-refractivity contribution is 6.20. The molecular weight excluding hydrogens is 274 g/mol. The molecule has 1 aromatic heterocycles. The van der Waals surface area contributed by atoms with E-state index < -0.39 is 0 Å². The molecule has 1 amide bonds. The highest BCUT2D eigenvalue weighted by Crippen LogP contribution is 2.28. The summed E-state index contributed by atoms with van der Waals surface area (Å²) in [5.41, 5.74) is 1.62. The fourth-order valence-corrected chi connectivity index (χ4v) is 3.14. The van der Waals surface area contributed by atoms with Gasteiger partial charge in [0.05, 0.1) is 5.69 Å². The van der Waals surface area contributed by atoms with Gasteiger partial charge in [0.25, 0.3) is 5.91 Å². The number of alkyl halides is 1. The largest absolute Gasteiger partial charge is 0.350 e. The second-order valence-corrected chi connectivity index (χ2v) is 6.02. The first kappa shape index (κ1) is 15.4. The fourth-order valence-electron chi connectivity index (χ4n) is 2.77. The summed E-state index contributed by atoms with van der Waals surface area (Å²) in [6, 6.07) is 1.89. The van der Waals surface area contributed by atoms with Crippen LogP contribution < -0.4 is 5.32 Å². The summed E-state index contributed by atoms with van der Waals surface area (Å²) in [6.45, 7) is 5.43. The third kappa shape index (κ3) is 3.54. The topological polar surface area (TPSA) is 46.9 Å². The molecule has 20 heavy (non-hydrogen) atoms. The molecule has 1 aliphatic carbocycles. The van der Waals surface area contributed by atoms with Crippen molar-refractivity contribution in [2.75, 3.05) is 6.54 Å². The van der Waals surface area contributed by atoms with Crippen LogP contribution in [0, 0.1) is 5.92 Å². The molecule has 1 N–H and O–H groups in total. The van der Waals surface area contributed by atoms with Gasteiger partial charge in [0.2, 0.25) is 0 Å². The summed E-state index contributed by atoms with van der Waals surface area (Å²) in [4.78, 5) is 12.3. The Morgan fingerprint density at radius 2 is 2.20 bits per heavy atom. The number of aromatic nitrogens is 2. The second kappa shape index (κ2) is 7.11. The number of hydrogen-bond donors (Lipinski definition) is 1. The summed E-state index contributed by atoms with van der Waals surface area (Å²) in [6.07, 6.45) is 5.45. The maximum Gasteiger partial charge on any atom is 0.269 e. The third-order valence-corrected chi connectivity index (χ3v) is 4.64. The van der Waals surface area contributed by atoms with Crippen LogP contribution in [-0.2, 0) is 13.0 Å². The Kier molecular flexibility index (Phi) is 5.46. The Labute approximate surface area is 125 Å². The highest BCUT2D eigenvalue weighted by Gasteiger charge is 2.24. The van der Waals surface area contributed by atoms with Crippen LogP contribution in [0.25, 0.3) is 0 Å². The molecule has 5 heteroatoms. The van der Waals surface area contributed by atoms with Crippen LogP contribution in [0.5, 0.6) is 0 Å². The number of rotatable bonds is 5. The van der Waals surface area contributed by atoms with E-state index in [0.717, 1.165) is 25.0 Å². The van der Waals surface area contributed by atoms with E-state index in [4.69, 9.17) is 11.6 Å². The first-order chi connectivity index (χ1) is 9.65. The molecule has 1 aromatic rings. The molecular formula is C15H24ClN3O. The summed E-state index contributed by atoms with van der Waals surface area (Å²) in [5.74, 6) is 0.367. The Balaban J connectivity index is 1.95. The molecule has 0 saturated heterocycles. The molecule has 112 valence electrons. The molecule has 1 heterocycles. The number of carbonyl (C=O) groups is 1. The van der Waals surface area contributed by atoms with Gasteiger partial charge in [-0.25, -0.2) is 0 Å². The van der Waals surface area contributed by atoms with Gasteiger partial charge in [-0.15, -0.1) is 11.6 Å². The van der Waals surface area contributed by atoms with E-state index in [9.17, 15) is 4.79 Å².